The van der Waals surface area contributed by atoms with Gasteiger partial charge in [-0.05, 0) is 83.1 Å². The van der Waals surface area contributed by atoms with Crippen molar-refractivity contribution in [3.8, 4) is 0 Å². The zero-order valence-electron chi connectivity index (χ0n) is 26.0. The Morgan fingerprint density at radius 1 is 0.898 bits per heavy atom. The zero-order valence-corrected chi connectivity index (χ0v) is 26.0. The second kappa shape index (κ2) is 13.2. The first-order valence-electron chi connectivity index (χ1n) is 14.9. The van der Waals surface area contributed by atoms with Crippen LogP contribution >= 0.6 is 0 Å². The van der Waals surface area contributed by atoms with E-state index < -0.39 is 53.8 Å². The lowest BCUT2D eigenvalue weighted by Gasteiger charge is -2.33. The second-order valence-electron chi connectivity index (χ2n) is 11.6. The molecule has 0 bridgehead atoms. The van der Waals surface area contributed by atoms with Crippen LogP contribution in [0.25, 0.3) is 0 Å². The molecule has 8 nitrogen and oxygen atoms in total. The van der Waals surface area contributed by atoms with Crippen LogP contribution in [0.2, 0.25) is 0 Å². The number of aryl methyl sites for hydroxylation is 2. The molecule has 0 fully saturated rings. The number of alkyl halides is 9. The highest BCUT2D eigenvalue weighted by molar-refractivity contribution is 5.87. The summed E-state index contributed by atoms with van der Waals surface area (Å²) >= 11 is 0. The van der Waals surface area contributed by atoms with Crippen LogP contribution in [-0.4, -0.2) is 37.8 Å². The number of nitrogens with zero attached hydrogens (tertiary/aromatic N) is 6. The largest absolute Gasteiger partial charge is 0.478 e. The predicted octanol–water partition coefficient (Wildman–Crippen LogP) is 8.08. The number of benzene rings is 3. The monoisotopic (exact) mass is 700 g/mol. The molecule has 49 heavy (non-hydrogen) atoms. The van der Waals surface area contributed by atoms with E-state index in [4.69, 9.17) is 0 Å². The van der Waals surface area contributed by atoms with Gasteiger partial charge in [-0.15, -0.1) is 5.10 Å². The van der Waals surface area contributed by atoms with Crippen molar-refractivity contribution < 1.29 is 49.4 Å². The summed E-state index contributed by atoms with van der Waals surface area (Å²) in [7, 11) is 1.41. The number of rotatable bonds is 8. The SMILES string of the molecule is CCc1cc2c(cc1C(F)(F)F)N(Cc1ccc(C(=O)O)cc1)CCC[C@@H]2N(Cc1cc(C(F)(F)F)cc(C(F)(F)F)c1)c1nnn(C)n1. The van der Waals surface area contributed by atoms with Gasteiger partial charge in [-0.3, -0.25) is 0 Å². The minimum atomic E-state index is -5.10. The Bertz CT molecular complexity index is 1790. The zero-order chi connectivity index (χ0) is 35.9. The summed E-state index contributed by atoms with van der Waals surface area (Å²) in [6.07, 6.45) is -14.4. The number of hydrogen-bond acceptors (Lipinski definition) is 6. The number of anilines is 2. The molecule has 4 aromatic rings. The van der Waals surface area contributed by atoms with Gasteiger partial charge in [-0.25, -0.2) is 4.79 Å². The number of carboxylic acids is 1. The van der Waals surface area contributed by atoms with Crippen molar-refractivity contribution in [2.45, 2.75) is 63.8 Å². The first kappa shape index (κ1) is 35.5. The molecule has 5 rings (SSSR count). The van der Waals surface area contributed by atoms with Crippen molar-refractivity contribution in [2.24, 2.45) is 7.05 Å². The lowest BCUT2D eigenvalue weighted by atomic mass is 9.93. The summed E-state index contributed by atoms with van der Waals surface area (Å²) in [6, 6.07) is 8.48. The van der Waals surface area contributed by atoms with E-state index in [2.05, 4.69) is 15.4 Å². The quantitative estimate of drug-likeness (QED) is 0.186. The summed E-state index contributed by atoms with van der Waals surface area (Å²) in [4.78, 5) is 15.4. The summed E-state index contributed by atoms with van der Waals surface area (Å²) in [6.45, 7) is 1.26. The van der Waals surface area contributed by atoms with Gasteiger partial charge in [0.2, 0.25) is 0 Å². The molecule has 0 spiro atoms. The standard InChI is InChI=1S/C32H29F9N6O2/c1-3-20-13-24-26(5-4-10-46(27(24)15-25(20)32(39,40)41)16-18-6-8-21(9-7-18)28(48)49)47(29-42-44-45(2)43-29)17-19-11-22(30(33,34)35)14-23(12-19)31(36,37)38/h6-9,11-15,26H,3-5,10,16-17H2,1-2H3,(H,48,49)/t26-/m0/s1. The maximum Gasteiger partial charge on any atom is 0.416 e. The van der Waals surface area contributed by atoms with Crippen LogP contribution in [-0.2, 0) is 45.1 Å². The van der Waals surface area contributed by atoms with E-state index in [9.17, 15) is 49.4 Å². The summed E-state index contributed by atoms with van der Waals surface area (Å²) in [5.74, 6) is -1.31. The molecule has 1 atom stereocenters. The number of fused-ring (bicyclic) bond motifs is 1. The molecule has 3 aromatic carbocycles. The van der Waals surface area contributed by atoms with E-state index in [1.54, 1.807) is 4.90 Å². The van der Waals surface area contributed by atoms with Gasteiger partial charge in [0.15, 0.2) is 0 Å². The number of aromatic nitrogens is 4. The van der Waals surface area contributed by atoms with Crippen molar-refractivity contribution in [3.63, 3.8) is 0 Å². The minimum Gasteiger partial charge on any atom is -0.478 e. The normalized spacial score (nSPS) is 15.6. The maximum atomic E-state index is 14.4. The number of tetrazole rings is 1. The van der Waals surface area contributed by atoms with E-state index in [-0.39, 0.29) is 60.3 Å². The van der Waals surface area contributed by atoms with Gasteiger partial charge >= 0.3 is 24.5 Å². The van der Waals surface area contributed by atoms with Gasteiger partial charge in [-0.2, -0.15) is 44.3 Å². The topological polar surface area (TPSA) is 87.4 Å². The molecule has 0 saturated carbocycles. The third-order valence-corrected chi connectivity index (χ3v) is 8.25. The average molecular weight is 701 g/mol. The molecule has 1 aromatic heterocycles. The number of hydrogen-bond donors (Lipinski definition) is 1. The average Bonchev–Trinajstić information content (AvgIpc) is 3.37. The van der Waals surface area contributed by atoms with Gasteiger partial charge in [0, 0.05) is 25.3 Å². The van der Waals surface area contributed by atoms with E-state index in [0.29, 0.717) is 29.7 Å². The van der Waals surface area contributed by atoms with Crippen LogP contribution in [0.1, 0.15) is 75.1 Å². The van der Waals surface area contributed by atoms with Gasteiger partial charge in [0.1, 0.15) is 0 Å². The van der Waals surface area contributed by atoms with Crippen LogP contribution in [0, 0.1) is 0 Å². The Morgan fingerprint density at radius 3 is 2.04 bits per heavy atom. The van der Waals surface area contributed by atoms with Crippen molar-refractivity contribution in [1.29, 1.82) is 0 Å². The molecule has 0 aliphatic carbocycles. The van der Waals surface area contributed by atoms with Crippen LogP contribution in [0.5, 0.6) is 0 Å². The Hall–Kier alpha value is -4.83. The van der Waals surface area contributed by atoms with E-state index in [0.717, 1.165) is 10.9 Å². The Balaban J connectivity index is 1.67. The third kappa shape index (κ3) is 7.91. The van der Waals surface area contributed by atoms with Gasteiger partial charge in [0.05, 0.1) is 35.3 Å². The van der Waals surface area contributed by atoms with Gasteiger partial charge in [-0.1, -0.05) is 30.2 Å². The fourth-order valence-corrected chi connectivity index (χ4v) is 5.98. The highest BCUT2D eigenvalue weighted by Gasteiger charge is 2.39. The van der Waals surface area contributed by atoms with E-state index in [1.165, 1.54) is 49.2 Å². The molecule has 0 unspecified atom stereocenters. The molecule has 1 aliphatic rings. The molecule has 2 heterocycles. The number of carbonyl (C=O) groups is 1. The van der Waals surface area contributed by atoms with Crippen molar-refractivity contribution in [3.05, 3.63) is 99.1 Å². The van der Waals surface area contributed by atoms with E-state index >= 15 is 0 Å². The Kier molecular flexibility index (Phi) is 9.58. The number of halogens is 9. The minimum absolute atomic E-state index is 0.0161. The second-order valence-corrected chi connectivity index (χ2v) is 11.6. The van der Waals surface area contributed by atoms with Crippen molar-refractivity contribution >= 4 is 17.6 Å². The van der Waals surface area contributed by atoms with Gasteiger partial charge in [0.25, 0.3) is 5.95 Å². The molecule has 0 amide bonds. The Labute approximate surface area is 273 Å². The van der Waals surface area contributed by atoms with Gasteiger partial charge < -0.3 is 14.9 Å². The van der Waals surface area contributed by atoms with Crippen LogP contribution in [0.4, 0.5) is 51.1 Å². The lowest BCUT2D eigenvalue weighted by molar-refractivity contribution is -0.143. The van der Waals surface area contributed by atoms with Crippen molar-refractivity contribution in [2.75, 3.05) is 16.3 Å². The molecule has 262 valence electrons. The fraction of sp³-hybridized carbons (Fsp3) is 0.375. The summed E-state index contributed by atoms with van der Waals surface area (Å²) < 4.78 is 126. The molecule has 0 saturated heterocycles. The van der Waals surface area contributed by atoms with Crippen molar-refractivity contribution in [1.82, 2.24) is 20.2 Å². The third-order valence-electron chi connectivity index (χ3n) is 8.25. The first-order chi connectivity index (χ1) is 22.8. The lowest BCUT2D eigenvalue weighted by Crippen LogP contribution is -2.30. The van der Waals surface area contributed by atoms with E-state index in [1.807, 2.05) is 0 Å². The fourth-order valence-electron chi connectivity index (χ4n) is 5.98. The summed E-state index contributed by atoms with van der Waals surface area (Å²) in [5, 5.41) is 21.2. The number of aromatic carboxylic acids is 1. The number of carboxylic acid groups (broad SMARTS) is 1. The van der Waals surface area contributed by atoms with Crippen LogP contribution < -0.4 is 9.80 Å². The van der Waals surface area contributed by atoms with Crippen LogP contribution in [0.3, 0.4) is 0 Å². The summed E-state index contributed by atoms with van der Waals surface area (Å²) in [5.41, 5.74) is -3.28. The molecular formula is C32H29F9N6O2. The Morgan fingerprint density at radius 2 is 1.53 bits per heavy atom. The first-order valence-corrected chi connectivity index (χ1v) is 14.9. The van der Waals surface area contributed by atoms with Crippen LogP contribution in [0.15, 0.2) is 54.6 Å². The highest BCUT2D eigenvalue weighted by atomic mass is 19.4. The highest BCUT2D eigenvalue weighted by Crippen LogP contribution is 2.45. The maximum absolute atomic E-state index is 14.4. The molecule has 0 radical (unpaired) electrons. The molecule has 1 N–H and O–H groups in total. The molecular weight excluding hydrogens is 671 g/mol. The molecule has 17 heteroatoms. The smallest absolute Gasteiger partial charge is 0.416 e. The molecule has 1 aliphatic heterocycles. The predicted molar refractivity (Wildman–Crippen MR) is 159 cm³/mol.